The summed E-state index contributed by atoms with van der Waals surface area (Å²) < 4.78 is 5.50. The number of carbonyl (C=O) groups is 1. The number of amides is 2. The Morgan fingerprint density at radius 3 is 2.82 bits per heavy atom. The van der Waals surface area contributed by atoms with Crippen LogP contribution in [0, 0.1) is 0 Å². The van der Waals surface area contributed by atoms with Crippen LogP contribution in [0.2, 0.25) is 0 Å². The highest BCUT2D eigenvalue weighted by atomic mass is 16.5. The highest BCUT2D eigenvalue weighted by molar-refractivity contribution is 5.74. The molecule has 1 aromatic rings. The van der Waals surface area contributed by atoms with Gasteiger partial charge in [-0.05, 0) is 39.4 Å². The van der Waals surface area contributed by atoms with Crippen molar-refractivity contribution in [2.45, 2.75) is 32.9 Å². The van der Waals surface area contributed by atoms with Gasteiger partial charge in [0.1, 0.15) is 0 Å². The Hall–Kier alpha value is -1.82. The molecule has 6 nitrogen and oxygen atoms in total. The number of rotatable bonds is 4. The van der Waals surface area contributed by atoms with E-state index in [0.29, 0.717) is 12.4 Å². The fourth-order valence-electron chi connectivity index (χ4n) is 2.37. The third kappa shape index (κ3) is 5.18. The second-order valence-corrected chi connectivity index (χ2v) is 5.97. The van der Waals surface area contributed by atoms with Crippen LogP contribution in [-0.2, 0) is 6.54 Å². The van der Waals surface area contributed by atoms with E-state index in [1.807, 2.05) is 30.9 Å². The predicted octanol–water partition coefficient (Wildman–Crippen LogP) is 1.72. The van der Waals surface area contributed by atoms with Crippen LogP contribution in [0.15, 0.2) is 18.3 Å². The van der Waals surface area contributed by atoms with E-state index in [2.05, 4.69) is 22.2 Å². The molecule has 1 fully saturated rings. The van der Waals surface area contributed by atoms with E-state index in [4.69, 9.17) is 4.74 Å². The highest BCUT2D eigenvalue weighted by Gasteiger charge is 2.16. The van der Waals surface area contributed by atoms with Crippen LogP contribution in [0.3, 0.4) is 0 Å². The van der Waals surface area contributed by atoms with Crippen LogP contribution in [0.4, 0.5) is 4.79 Å². The first-order valence-electron chi connectivity index (χ1n) is 7.87. The Kier molecular flexibility index (Phi) is 6.00. The number of hydrogen-bond donors (Lipinski definition) is 1. The lowest BCUT2D eigenvalue weighted by Crippen LogP contribution is -2.41. The van der Waals surface area contributed by atoms with E-state index in [9.17, 15) is 4.79 Å². The normalized spacial score (nSPS) is 16.5. The zero-order valence-corrected chi connectivity index (χ0v) is 13.7. The summed E-state index contributed by atoms with van der Waals surface area (Å²) in [5.41, 5.74) is 0.969. The maximum atomic E-state index is 12.2. The fourth-order valence-corrected chi connectivity index (χ4v) is 2.37. The quantitative estimate of drug-likeness (QED) is 0.920. The first-order valence-corrected chi connectivity index (χ1v) is 7.87. The minimum atomic E-state index is -0.00203. The summed E-state index contributed by atoms with van der Waals surface area (Å²) in [5.74, 6) is 0.612. The second kappa shape index (κ2) is 7.98. The summed E-state index contributed by atoms with van der Waals surface area (Å²) >= 11 is 0. The number of pyridine rings is 1. The maximum absolute atomic E-state index is 12.2. The molecular formula is C16H26N4O2. The molecule has 0 atom stereocenters. The summed E-state index contributed by atoms with van der Waals surface area (Å²) in [6, 6.07) is 3.77. The summed E-state index contributed by atoms with van der Waals surface area (Å²) in [4.78, 5) is 20.6. The van der Waals surface area contributed by atoms with Gasteiger partial charge in [-0.3, -0.25) is 0 Å². The molecule has 1 aliphatic rings. The third-order valence-electron chi connectivity index (χ3n) is 3.60. The van der Waals surface area contributed by atoms with Crippen LogP contribution >= 0.6 is 0 Å². The molecule has 22 heavy (non-hydrogen) atoms. The Bertz CT molecular complexity index is 476. The summed E-state index contributed by atoms with van der Waals surface area (Å²) in [6.45, 7) is 7.99. The summed E-state index contributed by atoms with van der Waals surface area (Å²) in [5, 5.41) is 2.96. The lowest BCUT2D eigenvalue weighted by atomic mass is 10.3. The van der Waals surface area contributed by atoms with Gasteiger partial charge in [0.15, 0.2) is 0 Å². The standard InChI is InChI=1S/C16H26N4O2/c1-13(2)22-15-6-5-14(11-17-15)12-18-16(21)20-8-4-7-19(3)9-10-20/h5-6,11,13H,4,7-10,12H2,1-3H3,(H,18,21). The second-order valence-electron chi connectivity index (χ2n) is 5.97. The van der Waals surface area contributed by atoms with Crippen molar-refractivity contribution in [1.82, 2.24) is 20.1 Å². The molecular weight excluding hydrogens is 280 g/mol. The number of urea groups is 1. The van der Waals surface area contributed by atoms with Crippen molar-refractivity contribution in [2.24, 2.45) is 0 Å². The number of nitrogens with one attached hydrogen (secondary N) is 1. The van der Waals surface area contributed by atoms with Crippen molar-refractivity contribution in [2.75, 3.05) is 33.2 Å². The number of hydrogen-bond acceptors (Lipinski definition) is 4. The van der Waals surface area contributed by atoms with Crippen molar-refractivity contribution in [1.29, 1.82) is 0 Å². The van der Waals surface area contributed by atoms with Crippen LogP contribution < -0.4 is 10.1 Å². The van der Waals surface area contributed by atoms with E-state index in [-0.39, 0.29) is 12.1 Å². The Morgan fingerprint density at radius 1 is 1.32 bits per heavy atom. The number of carbonyl (C=O) groups excluding carboxylic acids is 1. The lowest BCUT2D eigenvalue weighted by molar-refractivity contribution is 0.199. The molecule has 1 aliphatic heterocycles. The van der Waals surface area contributed by atoms with Crippen molar-refractivity contribution < 1.29 is 9.53 Å². The third-order valence-corrected chi connectivity index (χ3v) is 3.60. The number of ether oxygens (including phenoxy) is 1. The molecule has 0 radical (unpaired) electrons. The summed E-state index contributed by atoms with van der Waals surface area (Å²) in [7, 11) is 2.09. The van der Waals surface area contributed by atoms with Crippen LogP contribution in [-0.4, -0.2) is 60.1 Å². The molecule has 0 saturated carbocycles. The van der Waals surface area contributed by atoms with Gasteiger partial charge in [0.25, 0.3) is 0 Å². The molecule has 2 heterocycles. The van der Waals surface area contributed by atoms with Gasteiger partial charge in [-0.15, -0.1) is 0 Å². The molecule has 0 aliphatic carbocycles. The molecule has 122 valence electrons. The number of aromatic nitrogens is 1. The zero-order chi connectivity index (χ0) is 15.9. The first-order chi connectivity index (χ1) is 10.5. The SMILES string of the molecule is CC(C)Oc1ccc(CNC(=O)N2CCCN(C)CC2)cn1. The number of likely N-dealkylation sites (N-methyl/N-ethyl adjacent to an activating group) is 1. The van der Waals surface area contributed by atoms with E-state index in [0.717, 1.165) is 38.2 Å². The van der Waals surface area contributed by atoms with E-state index in [1.54, 1.807) is 6.20 Å². The van der Waals surface area contributed by atoms with Gasteiger partial charge in [-0.25, -0.2) is 9.78 Å². The van der Waals surface area contributed by atoms with Gasteiger partial charge < -0.3 is 19.9 Å². The molecule has 1 N–H and O–H groups in total. The largest absolute Gasteiger partial charge is 0.475 e. The molecule has 0 bridgehead atoms. The molecule has 2 rings (SSSR count). The smallest absolute Gasteiger partial charge is 0.317 e. The van der Waals surface area contributed by atoms with Crippen LogP contribution in [0.1, 0.15) is 25.8 Å². The topological polar surface area (TPSA) is 57.7 Å². The molecule has 0 aromatic carbocycles. The van der Waals surface area contributed by atoms with Gasteiger partial charge >= 0.3 is 6.03 Å². The fraction of sp³-hybridized carbons (Fsp3) is 0.625. The van der Waals surface area contributed by atoms with E-state index < -0.39 is 0 Å². The van der Waals surface area contributed by atoms with Gasteiger partial charge in [0.2, 0.25) is 5.88 Å². The highest BCUT2D eigenvalue weighted by Crippen LogP contribution is 2.09. The van der Waals surface area contributed by atoms with Crippen molar-refractivity contribution in [3.8, 4) is 5.88 Å². The number of nitrogens with zero attached hydrogens (tertiary/aromatic N) is 3. The molecule has 2 amide bonds. The van der Waals surface area contributed by atoms with E-state index >= 15 is 0 Å². The minimum Gasteiger partial charge on any atom is -0.475 e. The Morgan fingerprint density at radius 2 is 2.14 bits per heavy atom. The maximum Gasteiger partial charge on any atom is 0.317 e. The van der Waals surface area contributed by atoms with Gasteiger partial charge in [-0.1, -0.05) is 6.07 Å². The van der Waals surface area contributed by atoms with Crippen molar-refractivity contribution in [3.05, 3.63) is 23.9 Å². The van der Waals surface area contributed by atoms with Crippen molar-refractivity contribution >= 4 is 6.03 Å². The van der Waals surface area contributed by atoms with Crippen molar-refractivity contribution in [3.63, 3.8) is 0 Å². The Labute approximate surface area is 132 Å². The summed E-state index contributed by atoms with van der Waals surface area (Å²) in [6.07, 6.45) is 2.88. The van der Waals surface area contributed by atoms with Gasteiger partial charge in [0.05, 0.1) is 6.10 Å². The molecule has 1 saturated heterocycles. The molecule has 1 aromatic heterocycles. The van der Waals surface area contributed by atoms with Crippen LogP contribution in [0.25, 0.3) is 0 Å². The van der Waals surface area contributed by atoms with Crippen LogP contribution in [0.5, 0.6) is 5.88 Å². The molecule has 6 heteroatoms. The molecule has 0 unspecified atom stereocenters. The van der Waals surface area contributed by atoms with Gasteiger partial charge in [-0.2, -0.15) is 0 Å². The molecule has 0 spiro atoms. The first kappa shape index (κ1) is 16.5. The zero-order valence-electron chi connectivity index (χ0n) is 13.7. The van der Waals surface area contributed by atoms with E-state index in [1.165, 1.54) is 0 Å². The predicted molar refractivity (Wildman–Crippen MR) is 85.9 cm³/mol. The monoisotopic (exact) mass is 306 g/mol. The van der Waals surface area contributed by atoms with Gasteiger partial charge in [0, 0.05) is 38.4 Å². The lowest BCUT2D eigenvalue weighted by Gasteiger charge is -2.21. The Balaban J connectivity index is 1.80. The minimum absolute atomic E-state index is 0.00203. The average Bonchev–Trinajstić information content (AvgIpc) is 2.70. The average molecular weight is 306 g/mol.